The Morgan fingerprint density at radius 3 is 2.21 bits per heavy atom. The molecule has 0 radical (unpaired) electrons. The summed E-state index contributed by atoms with van der Waals surface area (Å²) < 4.78 is 13.3. The first-order valence-corrected chi connectivity index (χ1v) is 12.3. The number of isothiocyanates is 1. The van der Waals surface area contributed by atoms with Gasteiger partial charge in [-0.15, -0.1) is 0 Å². The maximum absolute atomic E-state index is 12.9. The number of carbonyl (C=O) groups excluding carboxylic acids is 1. The van der Waals surface area contributed by atoms with Gasteiger partial charge < -0.3 is 19.7 Å². The number of ether oxygens (including phenoxy) is 2. The molecular formula is C21H6I3NNa2O5S. The molecule has 0 saturated heterocycles. The van der Waals surface area contributed by atoms with Crippen molar-refractivity contribution in [1.82, 2.24) is 0 Å². The Labute approximate surface area is 278 Å². The minimum absolute atomic E-state index is 0. The first-order valence-electron chi connectivity index (χ1n) is 8.63. The number of thiocarbonyl (C=S) groups is 1. The summed E-state index contributed by atoms with van der Waals surface area (Å²) in [4.78, 5) is 16.9. The second kappa shape index (κ2) is 10.5. The molecular weight excluding hydrogens is 805 g/mol. The van der Waals surface area contributed by atoms with Crippen LogP contribution < -0.4 is 74.1 Å². The zero-order valence-electron chi connectivity index (χ0n) is 17.0. The summed E-state index contributed by atoms with van der Waals surface area (Å²) in [5.41, 5.74) is 0.504. The predicted octanol–water partition coefficient (Wildman–Crippen LogP) is -1.04. The van der Waals surface area contributed by atoms with Crippen molar-refractivity contribution in [3.63, 3.8) is 0 Å². The van der Waals surface area contributed by atoms with Crippen LogP contribution in [0.15, 0.2) is 41.4 Å². The number of esters is 1. The first-order chi connectivity index (χ1) is 14.8. The molecule has 0 aliphatic carbocycles. The number of benzene rings is 3. The van der Waals surface area contributed by atoms with E-state index in [1.807, 2.05) is 67.8 Å². The van der Waals surface area contributed by atoms with Gasteiger partial charge in [0, 0.05) is 21.8 Å². The van der Waals surface area contributed by atoms with Gasteiger partial charge in [0.2, 0.25) is 0 Å². The van der Waals surface area contributed by atoms with E-state index in [1.54, 1.807) is 36.4 Å². The Morgan fingerprint density at radius 2 is 1.55 bits per heavy atom. The molecule has 0 aromatic heterocycles. The molecule has 1 unspecified atom stereocenters. The molecule has 2 heterocycles. The standard InChI is InChI=1S/C21H8I3NO5S.2Na/c22-12-5-10-18(14(24)16(12)26)29-19-11(6-13(23)17(27)15(19)25-7-31)21(10)9-4-2-1-3-8(9)20(28)30-21;;/h1-6,26-27H;;/q;2*+1/p-2. The molecule has 154 valence electrons. The van der Waals surface area contributed by atoms with Crippen molar-refractivity contribution < 1.29 is 83.6 Å². The fraction of sp³-hybridized carbons (Fsp3) is 0.0476. The summed E-state index contributed by atoms with van der Waals surface area (Å²) in [5.74, 6) is -0.797. The minimum Gasteiger partial charge on any atom is -0.871 e. The van der Waals surface area contributed by atoms with Crippen molar-refractivity contribution in [2.24, 2.45) is 4.99 Å². The maximum Gasteiger partial charge on any atom is 1.00 e. The van der Waals surface area contributed by atoms with E-state index in [1.165, 1.54) is 0 Å². The van der Waals surface area contributed by atoms with Crippen LogP contribution in [0.4, 0.5) is 5.69 Å². The molecule has 0 saturated carbocycles. The van der Waals surface area contributed by atoms with Crippen LogP contribution in [0.25, 0.3) is 0 Å². The van der Waals surface area contributed by atoms with Crippen molar-refractivity contribution in [3.8, 4) is 23.0 Å². The molecule has 1 spiro atoms. The van der Waals surface area contributed by atoms with Crippen LogP contribution >= 0.6 is 80.0 Å². The fourth-order valence-corrected chi connectivity index (χ4v) is 6.37. The van der Waals surface area contributed by atoms with Crippen LogP contribution in [-0.4, -0.2) is 11.1 Å². The zero-order valence-corrected chi connectivity index (χ0v) is 28.3. The normalized spacial score (nSPS) is 16.8. The smallest absolute Gasteiger partial charge is 0.871 e. The van der Waals surface area contributed by atoms with Crippen molar-refractivity contribution >= 4 is 96.8 Å². The minimum atomic E-state index is -1.40. The molecule has 0 fully saturated rings. The Bertz CT molecular complexity index is 1400. The van der Waals surface area contributed by atoms with Crippen LogP contribution in [0.3, 0.4) is 0 Å². The number of hydrogen-bond acceptors (Lipinski definition) is 7. The Hall–Kier alpha value is 0.520. The number of aliphatic imine (C=N–C) groups is 1. The Morgan fingerprint density at radius 1 is 0.939 bits per heavy atom. The quantitative estimate of drug-likeness (QED) is 0.103. The van der Waals surface area contributed by atoms with Gasteiger partial charge >= 0.3 is 65.1 Å². The van der Waals surface area contributed by atoms with Gasteiger partial charge in [-0.1, -0.05) is 29.7 Å². The van der Waals surface area contributed by atoms with Gasteiger partial charge in [-0.05, 0) is 98.2 Å². The Balaban J connectivity index is 0.00000153. The van der Waals surface area contributed by atoms with Crippen LogP contribution in [0.5, 0.6) is 23.0 Å². The van der Waals surface area contributed by atoms with Gasteiger partial charge in [0.25, 0.3) is 0 Å². The zero-order chi connectivity index (χ0) is 22.1. The number of fused-ring (bicyclic) bond motifs is 6. The molecule has 0 N–H and O–H groups in total. The average molecular weight is 811 g/mol. The monoisotopic (exact) mass is 811 g/mol. The average Bonchev–Trinajstić information content (AvgIpc) is 3.05. The molecule has 6 nitrogen and oxygen atoms in total. The predicted molar refractivity (Wildman–Crippen MR) is 136 cm³/mol. The first kappa shape index (κ1) is 28.1. The number of nitrogens with zero attached hydrogens (tertiary/aromatic N) is 1. The third kappa shape index (κ3) is 4.14. The molecule has 0 amide bonds. The third-order valence-electron chi connectivity index (χ3n) is 5.19. The van der Waals surface area contributed by atoms with Gasteiger partial charge in [-0.3, -0.25) is 0 Å². The van der Waals surface area contributed by atoms with E-state index in [0.717, 1.165) is 0 Å². The van der Waals surface area contributed by atoms with Gasteiger partial charge in [-0.25, -0.2) is 4.79 Å². The molecule has 1 atom stereocenters. The van der Waals surface area contributed by atoms with E-state index in [2.05, 4.69) is 10.2 Å². The topological polar surface area (TPSA) is 94.0 Å². The molecule has 12 heteroatoms. The van der Waals surface area contributed by atoms with E-state index in [9.17, 15) is 15.0 Å². The van der Waals surface area contributed by atoms with E-state index < -0.39 is 17.3 Å². The van der Waals surface area contributed by atoms with Crippen molar-refractivity contribution in [3.05, 3.63) is 69.4 Å². The summed E-state index contributed by atoms with van der Waals surface area (Å²) in [6.45, 7) is 0. The van der Waals surface area contributed by atoms with Crippen molar-refractivity contribution in [2.75, 3.05) is 0 Å². The van der Waals surface area contributed by atoms with Crippen LogP contribution in [0.2, 0.25) is 0 Å². The summed E-state index contributed by atoms with van der Waals surface area (Å²) in [7, 11) is 0. The van der Waals surface area contributed by atoms with E-state index in [-0.39, 0.29) is 82.1 Å². The van der Waals surface area contributed by atoms with E-state index >= 15 is 0 Å². The summed E-state index contributed by atoms with van der Waals surface area (Å²) in [5, 5.41) is 27.7. The molecule has 3 aromatic rings. The Kier molecular flexibility index (Phi) is 8.92. The van der Waals surface area contributed by atoms with Crippen LogP contribution in [0, 0.1) is 10.7 Å². The van der Waals surface area contributed by atoms with Crippen molar-refractivity contribution in [2.45, 2.75) is 5.60 Å². The fourth-order valence-electron chi connectivity index (χ4n) is 3.92. The summed E-state index contributed by atoms with van der Waals surface area (Å²) in [6.07, 6.45) is 0. The number of rotatable bonds is 1. The van der Waals surface area contributed by atoms with E-state index in [4.69, 9.17) is 21.7 Å². The third-order valence-corrected chi connectivity index (χ3v) is 7.86. The van der Waals surface area contributed by atoms with Gasteiger partial charge in [-0.2, -0.15) is 4.99 Å². The molecule has 2 aliphatic heterocycles. The largest absolute Gasteiger partial charge is 1.00 e. The molecule has 5 rings (SSSR count). The number of carbonyl (C=O) groups is 1. The molecule has 0 bridgehead atoms. The number of hydrogen-bond donors (Lipinski definition) is 0. The van der Waals surface area contributed by atoms with Gasteiger partial charge in [0.15, 0.2) is 11.4 Å². The SMILES string of the molecule is O=C1OC2(c3ccccc31)c1cc(I)c([O-])c(I)c1Oc1c2cc(I)c([O-])c1N=C=S.[Na+].[Na+]. The van der Waals surface area contributed by atoms with Gasteiger partial charge in [0.05, 0.1) is 16.3 Å². The second-order valence-electron chi connectivity index (χ2n) is 6.71. The van der Waals surface area contributed by atoms with E-state index in [0.29, 0.717) is 33.0 Å². The van der Waals surface area contributed by atoms with Crippen LogP contribution in [0.1, 0.15) is 27.0 Å². The van der Waals surface area contributed by atoms with Gasteiger partial charge in [0.1, 0.15) is 11.4 Å². The summed E-state index contributed by atoms with van der Waals surface area (Å²) >= 11 is 10.5. The molecule has 33 heavy (non-hydrogen) atoms. The summed E-state index contributed by atoms with van der Waals surface area (Å²) in [6, 6.07) is 10.3. The maximum atomic E-state index is 12.9. The number of halogens is 3. The van der Waals surface area contributed by atoms with Crippen LogP contribution in [-0.2, 0) is 10.3 Å². The molecule has 2 aliphatic rings. The van der Waals surface area contributed by atoms with Crippen molar-refractivity contribution in [1.29, 1.82) is 0 Å². The second-order valence-corrected chi connectivity index (χ2v) is 10.3. The molecule has 3 aromatic carbocycles.